The Morgan fingerprint density at radius 2 is 1.93 bits per heavy atom. The van der Waals surface area contributed by atoms with E-state index in [1.54, 1.807) is 12.1 Å². The molecule has 0 aliphatic rings. The monoisotopic (exact) mass is 426 g/mol. The van der Waals surface area contributed by atoms with E-state index in [9.17, 15) is 10.1 Å². The van der Waals surface area contributed by atoms with Crippen molar-refractivity contribution in [3.8, 4) is 22.8 Å². The Balaban J connectivity index is 1.53. The average Bonchev–Trinajstić information content (AvgIpc) is 3.32. The fraction of sp³-hybridized carbons (Fsp3) is 0.0588. The highest BCUT2D eigenvalue weighted by Crippen LogP contribution is 2.23. The Hall–Kier alpha value is -3.40. The molecule has 0 aliphatic heterocycles. The van der Waals surface area contributed by atoms with Crippen molar-refractivity contribution in [1.29, 1.82) is 0 Å². The summed E-state index contributed by atoms with van der Waals surface area (Å²) in [5.41, 5.74) is 1.35. The summed E-state index contributed by atoms with van der Waals surface area (Å²) in [5, 5.41) is 23.3. The maximum absolute atomic E-state index is 10.9. The van der Waals surface area contributed by atoms with Gasteiger partial charge >= 0.3 is 0 Å². The molecule has 0 saturated carbocycles. The Morgan fingerprint density at radius 3 is 2.74 bits per heavy atom. The minimum absolute atomic E-state index is 0.0144. The zero-order valence-corrected chi connectivity index (χ0v) is 15.3. The van der Waals surface area contributed by atoms with Crippen molar-refractivity contribution in [2.75, 3.05) is 0 Å². The fourth-order valence-corrected chi connectivity index (χ4v) is 2.86. The van der Waals surface area contributed by atoms with E-state index < -0.39 is 4.92 Å². The van der Waals surface area contributed by atoms with E-state index in [1.165, 1.54) is 23.1 Å². The number of hydrogen-bond acceptors (Lipinski definition) is 7. The van der Waals surface area contributed by atoms with Gasteiger partial charge in [-0.1, -0.05) is 34.1 Å². The quantitative estimate of drug-likeness (QED) is 0.352. The number of rotatable bonds is 5. The number of nitro benzene ring substituents is 1. The van der Waals surface area contributed by atoms with Gasteiger partial charge in [-0.25, -0.2) is 9.67 Å². The number of aromatic nitrogens is 5. The lowest BCUT2D eigenvalue weighted by molar-refractivity contribution is -0.384. The lowest BCUT2D eigenvalue weighted by Gasteiger charge is -1.97. The first-order valence-electron chi connectivity index (χ1n) is 7.81. The summed E-state index contributed by atoms with van der Waals surface area (Å²) < 4.78 is 8.12. The van der Waals surface area contributed by atoms with Gasteiger partial charge in [0.05, 0.1) is 4.92 Å². The molecule has 0 amide bonds. The van der Waals surface area contributed by atoms with Crippen molar-refractivity contribution in [2.24, 2.45) is 0 Å². The van der Waals surface area contributed by atoms with Gasteiger partial charge in [-0.05, 0) is 18.2 Å². The van der Waals surface area contributed by atoms with E-state index in [1.807, 2.05) is 24.3 Å². The molecule has 27 heavy (non-hydrogen) atoms. The Morgan fingerprint density at radius 1 is 1.11 bits per heavy atom. The summed E-state index contributed by atoms with van der Waals surface area (Å²) in [4.78, 5) is 14.6. The molecule has 9 nitrogen and oxygen atoms in total. The highest BCUT2D eigenvalue weighted by molar-refractivity contribution is 9.10. The first kappa shape index (κ1) is 17.0. The Labute approximate surface area is 161 Å². The summed E-state index contributed by atoms with van der Waals surface area (Å²) >= 11 is 3.40. The molecule has 134 valence electrons. The SMILES string of the molecule is O=[N+]([O-])c1cccc(-c2ncn(Cc3nnc(-c4cccc(Br)c4)o3)n2)c1. The van der Waals surface area contributed by atoms with Crippen molar-refractivity contribution in [2.45, 2.75) is 6.54 Å². The van der Waals surface area contributed by atoms with Gasteiger partial charge in [0.2, 0.25) is 11.8 Å². The minimum atomic E-state index is -0.456. The molecule has 4 rings (SSSR count). The molecule has 4 aromatic rings. The van der Waals surface area contributed by atoms with Crippen molar-refractivity contribution >= 4 is 21.6 Å². The second-order valence-corrected chi connectivity index (χ2v) is 6.50. The maximum Gasteiger partial charge on any atom is 0.270 e. The van der Waals surface area contributed by atoms with Crippen molar-refractivity contribution < 1.29 is 9.34 Å². The van der Waals surface area contributed by atoms with Gasteiger partial charge in [0.15, 0.2) is 5.82 Å². The van der Waals surface area contributed by atoms with Gasteiger partial charge in [0.1, 0.15) is 12.9 Å². The molecule has 0 aliphatic carbocycles. The fourth-order valence-electron chi connectivity index (χ4n) is 2.46. The van der Waals surface area contributed by atoms with Crippen LogP contribution < -0.4 is 0 Å². The Bertz CT molecular complexity index is 1120. The van der Waals surface area contributed by atoms with Crippen molar-refractivity contribution in [1.82, 2.24) is 25.0 Å². The number of nitrogens with zero attached hydrogens (tertiary/aromatic N) is 6. The van der Waals surface area contributed by atoms with Crippen LogP contribution >= 0.6 is 15.9 Å². The van der Waals surface area contributed by atoms with Crippen LogP contribution in [0.1, 0.15) is 5.89 Å². The van der Waals surface area contributed by atoms with Crippen LogP contribution in [0.4, 0.5) is 5.69 Å². The van der Waals surface area contributed by atoms with E-state index in [4.69, 9.17) is 4.42 Å². The van der Waals surface area contributed by atoms with Gasteiger partial charge < -0.3 is 4.42 Å². The smallest absolute Gasteiger partial charge is 0.270 e. The molecule has 10 heteroatoms. The first-order chi connectivity index (χ1) is 13.1. The lowest BCUT2D eigenvalue weighted by Crippen LogP contribution is -2.00. The number of non-ortho nitro benzene ring substituents is 1. The van der Waals surface area contributed by atoms with Crippen LogP contribution in [0.3, 0.4) is 0 Å². The molecule has 2 heterocycles. The van der Waals surface area contributed by atoms with E-state index in [0.717, 1.165) is 10.0 Å². The van der Waals surface area contributed by atoms with Gasteiger partial charge in [-0.15, -0.1) is 10.2 Å². The molecular formula is C17H11BrN6O3. The summed E-state index contributed by atoms with van der Waals surface area (Å²) in [6.45, 7) is 0.239. The first-order valence-corrected chi connectivity index (χ1v) is 8.60. The highest BCUT2D eigenvalue weighted by atomic mass is 79.9. The zero-order valence-electron chi connectivity index (χ0n) is 13.7. The molecule has 0 fully saturated rings. The van der Waals surface area contributed by atoms with Gasteiger partial charge in [0, 0.05) is 27.7 Å². The van der Waals surface area contributed by atoms with E-state index in [-0.39, 0.29) is 12.2 Å². The van der Waals surface area contributed by atoms with Crippen LogP contribution in [-0.4, -0.2) is 29.9 Å². The van der Waals surface area contributed by atoms with Gasteiger partial charge in [0.25, 0.3) is 5.69 Å². The lowest BCUT2D eigenvalue weighted by atomic mass is 10.2. The molecule has 2 aromatic heterocycles. The number of halogens is 1. The summed E-state index contributed by atoms with van der Waals surface area (Å²) in [6.07, 6.45) is 1.51. The van der Waals surface area contributed by atoms with Crippen LogP contribution in [-0.2, 0) is 6.54 Å². The zero-order chi connectivity index (χ0) is 18.8. The molecule has 0 unspecified atom stereocenters. The standard InChI is InChI=1S/C17H11BrN6O3/c18-13-5-1-4-12(7-13)17-21-20-15(27-17)9-23-10-19-16(22-23)11-3-2-6-14(8-11)24(25)26/h1-8,10H,9H2. The molecule has 0 saturated heterocycles. The molecule has 0 radical (unpaired) electrons. The largest absolute Gasteiger partial charge is 0.419 e. The van der Waals surface area contributed by atoms with Gasteiger partial charge in [-0.3, -0.25) is 10.1 Å². The predicted molar refractivity (Wildman–Crippen MR) is 98.6 cm³/mol. The third kappa shape index (κ3) is 3.75. The van der Waals surface area contributed by atoms with Gasteiger partial charge in [-0.2, -0.15) is 5.10 Å². The maximum atomic E-state index is 10.9. The normalized spacial score (nSPS) is 10.9. The van der Waals surface area contributed by atoms with E-state index in [2.05, 4.69) is 36.2 Å². The molecular weight excluding hydrogens is 416 g/mol. The molecule has 2 aromatic carbocycles. The van der Waals surface area contributed by atoms with E-state index in [0.29, 0.717) is 23.2 Å². The van der Waals surface area contributed by atoms with Crippen LogP contribution in [0.25, 0.3) is 22.8 Å². The predicted octanol–water partition coefficient (Wildman–Crippen LogP) is 3.71. The molecule has 0 bridgehead atoms. The second-order valence-electron chi connectivity index (χ2n) is 5.58. The molecule has 0 spiro atoms. The number of hydrogen-bond donors (Lipinski definition) is 0. The Kier molecular flexibility index (Phi) is 4.47. The molecule has 0 N–H and O–H groups in total. The van der Waals surface area contributed by atoms with Crippen molar-refractivity contribution in [3.63, 3.8) is 0 Å². The summed E-state index contributed by atoms with van der Waals surface area (Å²) in [5.74, 6) is 1.16. The average molecular weight is 427 g/mol. The summed E-state index contributed by atoms with van der Waals surface area (Å²) in [6, 6.07) is 13.7. The minimum Gasteiger partial charge on any atom is -0.419 e. The topological polar surface area (TPSA) is 113 Å². The van der Waals surface area contributed by atoms with Crippen LogP contribution in [0.2, 0.25) is 0 Å². The summed E-state index contributed by atoms with van der Waals surface area (Å²) in [7, 11) is 0. The highest BCUT2D eigenvalue weighted by Gasteiger charge is 2.13. The molecule has 0 atom stereocenters. The number of nitro groups is 1. The second kappa shape index (κ2) is 7.08. The van der Waals surface area contributed by atoms with Crippen LogP contribution in [0, 0.1) is 10.1 Å². The van der Waals surface area contributed by atoms with Crippen molar-refractivity contribution in [3.05, 3.63) is 75.3 Å². The third-order valence-corrected chi connectivity index (χ3v) is 4.18. The third-order valence-electron chi connectivity index (χ3n) is 3.69. The van der Waals surface area contributed by atoms with Crippen LogP contribution in [0.15, 0.2) is 63.7 Å². The van der Waals surface area contributed by atoms with Crippen LogP contribution in [0.5, 0.6) is 0 Å². The van der Waals surface area contributed by atoms with E-state index >= 15 is 0 Å². The number of benzene rings is 2.